The summed E-state index contributed by atoms with van der Waals surface area (Å²) in [5.74, 6) is 1.07. The molecular formula is C34H35N3O3. The van der Waals surface area contributed by atoms with Crippen molar-refractivity contribution in [2.75, 3.05) is 11.9 Å². The van der Waals surface area contributed by atoms with Crippen LogP contribution in [0.15, 0.2) is 72.8 Å². The fraction of sp³-hybridized carbons (Fsp3) is 0.353. The summed E-state index contributed by atoms with van der Waals surface area (Å²) in [6.07, 6.45) is 8.38. The molecule has 0 saturated heterocycles. The Morgan fingerprint density at radius 2 is 1.65 bits per heavy atom. The van der Waals surface area contributed by atoms with Gasteiger partial charge in [0.2, 0.25) is 5.91 Å². The molecule has 2 amide bonds. The molecule has 2 heterocycles. The lowest BCUT2D eigenvalue weighted by molar-refractivity contribution is -0.125. The molecular weight excluding hydrogens is 498 g/mol. The van der Waals surface area contributed by atoms with Crippen molar-refractivity contribution in [3.63, 3.8) is 0 Å². The van der Waals surface area contributed by atoms with Crippen LogP contribution in [0.3, 0.4) is 0 Å². The molecule has 6 nitrogen and oxygen atoms in total. The molecule has 0 radical (unpaired) electrons. The van der Waals surface area contributed by atoms with E-state index in [4.69, 9.17) is 4.74 Å². The van der Waals surface area contributed by atoms with Crippen molar-refractivity contribution in [2.24, 2.45) is 0 Å². The zero-order valence-corrected chi connectivity index (χ0v) is 22.7. The van der Waals surface area contributed by atoms with Crippen molar-refractivity contribution >= 4 is 28.4 Å². The zero-order chi connectivity index (χ0) is 27.1. The van der Waals surface area contributed by atoms with Crippen molar-refractivity contribution in [3.8, 4) is 17.0 Å². The average molecular weight is 534 g/mol. The largest absolute Gasteiger partial charge is 0.491 e. The van der Waals surface area contributed by atoms with Crippen LogP contribution in [0.5, 0.6) is 5.75 Å². The first kappa shape index (κ1) is 24.9. The molecule has 0 spiro atoms. The first-order chi connectivity index (χ1) is 19.6. The maximum Gasteiger partial charge on any atom is 0.252 e. The number of ether oxygens (including phenoxy) is 1. The highest BCUT2D eigenvalue weighted by Gasteiger charge is 2.45. The van der Waals surface area contributed by atoms with Crippen molar-refractivity contribution in [1.82, 2.24) is 9.88 Å². The maximum absolute atomic E-state index is 13.7. The lowest BCUT2D eigenvalue weighted by Crippen LogP contribution is -2.61. The van der Waals surface area contributed by atoms with Crippen LogP contribution in [0.1, 0.15) is 73.2 Å². The summed E-state index contributed by atoms with van der Waals surface area (Å²) in [5.41, 5.74) is 5.29. The Hall–Kier alpha value is -4.06. The molecule has 2 saturated carbocycles. The summed E-state index contributed by atoms with van der Waals surface area (Å²) in [7, 11) is 0. The Balaban J connectivity index is 1.26. The number of amides is 2. The molecule has 40 heavy (non-hydrogen) atoms. The lowest BCUT2D eigenvalue weighted by Gasteiger charge is -2.40. The van der Waals surface area contributed by atoms with Gasteiger partial charge < -0.3 is 19.9 Å². The number of carbonyl (C=O) groups excluding carboxylic acids is 2. The van der Waals surface area contributed by atoms with Gasteiger partial charge in [0.25, 0.3) is 5.91 Å². The number of hydrogen-bond donors (Lipinski definition) is 2. The number of carbonyl (C=O) groups is 2. The molecule has 4 aromatic rings. The van der Waals surface area contributed by atoms with Crippen molar-refractivity contribution in [2.45, 2.75) is 69.4 Å². The van der Waals surface area contributed by atoms with Gasteiger partial charge >= 0.3 is 0 Å². The van der Waals surface area contributed by atoms with Gasteiger partial charge in [-0.05, 0) is 80.0 Å². The highest BCUT2D eigenvalue weighted by atomic mass is 16.5. The van der Waals surface area contributed by atoms with E-state index in [1.807, 2.05) is 48.5 Å². The van der Waals surface area contributed by atoms with Crippen LogP contribution in [0.2, 0.25) is 0 Å². The maximum atomic E-state index is 13.7. The first-order valence-corrected chi connectivity index (χ1v) is 14.7. The Morgan fingerprint density at radius 1 is 0.875 bits per heavy atom. The summed E-state index contributed by atoms with van der Waals surface area (Å²) in [5, 5.41) is 7.35. The minimum Gasteiger partial charge on any atom is -0.491 e. The van der Waals surface area contributed by atoms with Crippen LogP contribution < -0.4 is 15.4 Å². The summed E-state index contributed by atoms with van der Waals surface area (Å²) >= 11 is 0. The molecule has 0 atom stereocenters. The second-order valence-corrected chi connectivity index (χ2v) is 11.5. The number of aromatic nitrogens is 1. The third-order valence-corrected chi connectivity index (χ3v) is 9.12. The van der Waals surface area contributed by atoms with E-state index in [0.29, 0.717) is 30.9 Å². The summed E-state index contributed by atoms with van der Waals surface area (Å²) < 4.78 is 8.54. The SMILES string of the molecule is O=C(NC1(C(=O)Nc2ccccc2)CCC1)c1ccc2c(C3CCCCC3)c3n(c2c1)CCOc1ccccc1-3. The number of rotatable bonds is 5. The first-order valence-electron chi connectivity index (χ1n) is 14.7. The second-order valence-electron chi connectivity index (χ2n) is 11.5. The predicted octanol–water partition coefficient (Wildman–Crippen LogP) is 7.04. The van der Waals surface area contributed by atoms with Gasteiger partial charge in [-0.2, -0.15) is 0 Å². The highest BCUT2D eigenvalue weighted by Crippen LogP contribution is 2.47. The van der Waals surface area contributed by atoms with Crippen LogP contribution in [0.25, 0.3) is 22.2 Å². The van der Waals surface area contributed by atoms with Crippen molar-refractivity contribution in [3.05, 3.63) is 83.9 Å². The van der Waals surface area contributed by atoms with Crippen LogP contribution in [-0.2, 0) is 11.3 Å². The smallest absolute Gasteiger partial charge is 0.252 e. The molecule has 7 rings (SSSR count). The minimum atomic E-state index is -0.877. The number of para-hydroxylation sites is 2. The van der Waals surface area contributed by atoms with E-state index in [-0.39, 0.29) is 11.8 Å². The summed E-state index contributed by atoms with van der Waals surface area (Å²) in [6.45, 7) is 1.30. The molecule has 1 aliphatic heterocycles. The van der Waals surface area contributed by atoms with Crippen molar-refractivity contribution in [1.29, 1.82) is 0 Å². The summed E-state index contributed by atoms with van der Waals surface area (Å²) in [4.78, 5) is 26.9. The second kappa shape index (κ2) is 10.2. The molecule has 2 N–H and O–H groups in total. The van der Waals surface area contributed by atoms with Gasteiger partial charge in [-0.1, -0.05) is 55.7 Å². The van der Waals surface area contributed by atoms with Crippen LogP contribution in [0, 0.1) is 0 Å². The third kappa shape index (κ3) is 4.26. The van der Waals surface area contributed by atoms with Gasteiger partial charge in [0, 0.05) is 27.7 Å². The lowest BCUT2D eigenvalue weighted by atomic mass is 9.75. The van der Waals surface area contributed by atoms with E-state index < -0.39 is 5.54 Å². The van der Waals surface area contributed by atoms with E-state index >= 15 is 0 Å². The number of fused-ring (bicyclic) bond motifs is 5. The Kier molecular flexibility index (Phi) is 6.34. The normalized spacial score (nSPS) is 18.0. The van der Waals surface area contributed by atoms with Gasteiger partial charge in [0.15, 0.2) is 0 Å². The fourth-order valence-electron chi connectivity index (χ4n) is 6.88. The quantitative estimate of drug-likeness (QED) is 0.289. The monoisotopic (exact) mass is 533 g/mol. The molecule has 1 aromatic heterocycles. The topological polar surface area (TPSA) is 72.4 Å². The Morgan fingerprint density at radius 3 is 2.42 bits per heavy atom. The summed E-state index contributed by atoms with van der Waals surface area (Å²) in [6, 6.07) is 23.9. The van der Waals surface area contributed by atoms with E-state index in [1.165, 1.54) is 48.7 Å². The molecule has 6 heteroatoms. The van der Waals surface area contributed by atoms with E-state index in [9.17, 15) is 9.59 Å². The van der Waals surface area contributed by atoms with Crippen LogP contribution >= 0.6 is 0 Å². The van der Waals surface area contributed by atoms with Gasteiger partial charge in [-0.3, -0.25) is 9.59 Å². The number of benzene rings is 3. The Labute approximate surface area is 234 Å². The van der Waals surface area contributed by atoms with E-state index in [0.717, 1.165) is 35.5 Å². The molecule has 204 valence electrons. The highest BCUT2D eigenvalue weighted by molar-refractivity contribution is 6.06. The minimum absolute atomic E-state index is 0.149. The molecule has 2 fully saturated rings. The fourth-order valence-corrected chi connectivity index (χ4v) is 6.88. The van der Waals surface area contributed by atoms with Gasteiger partial charge in [-0.15, -0.1) is 0 Å². The van der Waals surface area contributed by atoms with Crippen LogP contribution in [-0.4, -0.2) is 28.5 Å². The number of nitrogens with zero attached hydrogens (tertiary/aromatic N) is 1. The molecule has 0 bridgehead atoms. The van der Waals surface area contributed by atoms with E-state index in [1.54, 1.807) is 0 Å². The van der Waals surface area contributed by atoms with Gasteiger partial charge in [0.1, 0.15) is 17.9 Å². The van der Waals surface area contributed by atoms with Crippen molar-refractivity contribution < 1.29 is 14.3 Å². The van der Waals surface area contributed by atoms with Gasteiger partial charge in [0.05, 0.1) is 12.2 Å². The number of anilines is 1. The molecule has 3 aromatic carbocycles. The molecule has 3 aliphatic rings. The van der Waals surface area contributed by atoms with Gasteiger partial charge in [-0.25, -0.2) is 0 Å². The average Bonchev–Trinajstić information content (AvgIpc) is 3.16. The zero-order valence-electron chi connectivity index (χ0n) is 22.7. The van der Waals surface area contributed by atoms with E-state index in [2.05, 4.69) is 39.5 Å². The number of hydrogen-bond acceptors (Lipinski definition) is 3. The standard InChI is InChI=1S/C34H35N3O3/c38-32(36-34(18-9-19-34)33(39)35-25-12-5-2-6-13-25)24-16-17-26-28(22-24)37-20-21-40-29-15-8-7-14-27(29)31(37)30(26)23-10-3-1-4-11-23/h2,5-8,12-17,22-23H,1,3-4,9-11,18-21H2,(H,35,39)(H,36,38). The third-order valence-electron chi connectivity index (χ3n) is 9.12. The molecule has 0 unspecified atom stereocenters. The number of nitrogens with one attached hydrogen (secondary N) is 2. The Bertz CT molecular complexity index is 1580. The van der Waals surface area contributed by atoms with Crippen LogP contribution in [0.4, 0.5) is 5.69 Å². The molecule has 2 aliphatic carbocycles. The predicted molar refractivity (Wildman–Crippen MR) is 158 cm³/mol.